The molecule has 1 amide bonds. The van der Waals surface area contributed by atoms with Gasteiger partial charge >= 0.3 is 12.1 Å². The molecule has 0 aliphatic heterocycles. The molecule has 0 spiro atoms. The zero-order chi connectivity index (χ0) is 16.3. The maximum atomic E-state index is 11.8. The summed E-state index contributed by atoms with van der Waals surface area (Å²) >= 11 is 0. The summed E-state index contributed by atoms with van der Waals surface area (Å²) in [6.07, 6.45) is -0.857. The Morgan fingerprint density at radius 2 is 1.45 bits per heavy atom. The first-order chi connectivity index (χ1) is 8.82. The summed E-state index contributed by atoms with van der Waals surface area (Å²) in [6.45, 7) is 11.9. The minimum atomic E-state index is -1.57. The molecule has 0 aliphatic carbocycles. The number of hydrogen-bond donors (Lipinski definition) is 3. The van der Waals surface area contributed by atoms with Crippen LogP contribution in [0.15, 0.2) is 0 Å². The topological polar surface area (TPSA) is 95.9 Å². The summed E-state index contributed by atoms with van der Waals surface area (Å²) < 4.78 is 5.05. The molecular weight excluding hydrogens is 262 g/mol. The van der Waals surface area contributed by atoms with Crippen molar-refractivity contribution in [3.63, 3.8) is 0 Å². The van der Waals surface area contributed by atoms with Crippen molar-refractivity contribution in [3.8, 4) is 0 Å². The number of ether oxygens (including phenoxy) is 1. The summed E-state index contributed by atoms with van der Waals surface area (Å²) in [6, 6.07) is -1.43. The highest BCUT2D eigenvalue weighted by atomic mass is 16.6. The van der Waals surface area contributed by atoms with Crippen LogP contribution < -0.4 is 5.32 Å². The van der Waals surface area contributed by atoms with Gasteiger partial charge in [-0.3, -0.25) is 0 Å². The zero-order valence-electron chi connectivity index (χ0n) is 13.4. The highest BCUT2D eigenvalue weighted by Crippen LogP contribution is 2.30. The highest BCUT2D eigenvalue weighted by molar-refractivity contribution is 5.81. The van der Waals surface area contributed by atoms with Crippen molar-refractivity contribution in [2.75, 3.05) is 0 Å². The number of carboxylic acid groups (broad SMARTS) is 1. The first-order valence-electron chi connectivity index (χ1n) is 6.77. The van der Waals surface area contributed by atoms with Crippen LogP contribution in [0, 0.1) is 11.8 Å². The van der Waals surface area contributed by atoms with Crippen molar-refractivity contribution in [2.45, 2.75) is 65.7 Å². The number of hydrogen-bond acceptors (Lipinski definition) is 4. The van der Waals surface area contributed by atoms with Crippen LogP contribution in [0.1, 0.15) is 48.5 Å². The Labute approximate surface area is 120 Å². The molecule has 0 aromatic rings. The Morgan fingerprint density at radius 3 is 1.70 bits per heavy atom. The third-order valence-electron chi connectivity index (χ3n) is 3.22. The average molecular weight is 289 g/mol. The molecule has 6 heteroatoms. The van der Waals surface area contributed by atoms with Crippen LogP contribution in [0.4, 0.5) is 4.79 Å². The lowest BCUT2D eigenvalue weighted by Gasteiger charge is -2.41. The zero-order valence-corrected chi connectivity index (χ0v) is 13.4. The first kappa shape index (κ1) is 18.7. The van der Waals surface area contributed by atoms with E-state index in [9.17, 15) is 19.8 Å². The van der Waals surface area contributed by atoms with E-state index in [1.165, 1.54) is 0 Å². The third-order valence-corrected chi connectivity index (χ3v) is 3.22. The summed E-state index contributed by atoms with van der Waals surface area (Å²) in [7, 11) is 0. The van der Waals surface area contributed by atoms with Gasteiger partial charge in [-0.15, -0.1) is 0 Å². The lowest BCUT2D eigenvalue weighted by atomic mass is 9.75. The molecule has 0 aliphatic rings. The van der Waals surface area contributed by atoms with Gasteiger partial charge in [-0.1, -0.05) is 27.7 Å². The standard InChI is InChI=1S/C14H27NO5/c1-8(2)14(19,9(3)4)10(11(16)17)15-12(18)20-13(5,6)7/h8-10,19H,1-7H3,(H,15,18)(H,16,17)/t10-/m1/s1. The number of alkyl carbamates (subject to hydrolysis) is 1. The minimum absolute atomic E-state index is 0.349. The van der Waals surface area contributed by atoms with E-state index < -0.39 is 29.3 Å². The van der Waals surface area contributed by atoms with Crippen molar-refractivity contribution in [2.24, 2.45) is 11.8 Å². The first-order valence-corrected chi connectivity index (χ1v) is 6.77. The molecule has 20 heavy (non-hydrogen) atoms. The lowest BCUT2D eigenvalue weighted by molar-refractivity contribution is -0.154. The molecule has 118 valence electrons. The molecule has 0 aromatic carbocycles. The lowest BCUT2D eigenvalue weighted by Crippen LogP contribution is -2.62. The molecule has 0 fully saturated rings. The van der Waals surface area contributed by atoms with Crippen LogP contribution in [-0.4, -0.2) is 39.5 Å². The second kappa shape index (κ2) is 6.43. The second-order valence-electron chi connectivity index (χ2n) is 6.61. The van der Waals surface area contributed by atoms with Crippen LogP contribution in [0.3, 0.4) is 0 Å². The van der Waals surface area contributed by atoms with Crippen LogP contribution in [0.25, 0.3) is 0 Å². The number of carboxylic acids is 1. The fourth-order valence-corrected chi connectivity index (χ4v) is 2.13. The van der Waals surface area contributed by atoms with Gasteiger partial charge in [0.1, 0.15) is 11.2 Å². The highest BCUT2D eigenvalue weighted by Gasteiger charge is 2.48. The largest absolute Gasteiger partial charge is 0.480 e. The fraction of sp³-hybridized carbons (Fsp3) is 0.857. The normalized spacial score (nSPS) is 14.3. The number of nitrogens with one attached hydrogen (secondary N) is 1. The molecule has 0 bridgehead atoms. The number of amides is 1. The Hall–Kier alpha value is -1.30. The van der Waals surface area contributed by atoms with Gasteiger partial charge in [-0.25, -0.2) is 9.59 Å². The van der Waals surface area contributed by atoms with E-state index >= 15 is 0 Å². The molecule has 3 N–H and O–H groups in total. The van der Waals surface area contributed by atoms with Gasteiger partial charge in [0.15, 0.2) is 6.04 Å². The van der Waals surface area contributed by atoms with Crippen molar-refractivity contribution >= 4 is 12.1 Å². The van der Waals surface area contributed by atoms with E-state index in [-0.39, 0.29) is 11.8 Å². The summed E-state index contributed by atoms with van der Waals surface area (Å²) in [5, 5.41) is 22.3. The fourth-order valence-electron chi connectivity index (χ4n) is 2.13. The van der Waals surface area contributed by atoms with E-state index in [4.69, 9.17) is 4.74 Å². The predicted octanol–water partition coefficient (Wildman–Crippen LogP) is 2.01. The Morgan fingerprint density at radius 1 is 1.05 bits per heavy atom. The summed E-state index contributed by atoms with van der Waals surface area (Å²) in [5.74, 6) is -1.99. The summed E-state index contributed by atoms with van der Waals surface area (Å²) in [5.41, 5.74) is -2.30. The van der Waals surface area contributed by atoms with E-state index in [1.54, 1.807) is 48.5 Å². The average Bonchev–Trinajstić information content (AvgIpc) is 2.21. The van der Waals surface area contributed by atoms with E-state index in [0.29, 0.717) is 0 Å². The molecule has 0 radical (unpaired) electrons. The maximum Gasteiger partial charge on any atom is 0.408 e. The van der Waals surface area contributed by atoms with Gasteiger partial charge in [0.05, 0.1) is 0 Å². The van der Waals surface area contributed by atoms with Gasteiger partial charge in [-0.2, -0.15) is 0 Å². The van der Waals surface area contributed by atoms with Gasteiger partial charge in [0, 0.05) is 0 Å². The quantitative estimate of drug-likeness (QED) is 0.719. The minimum Gasteiger partial charge on any atom is -0.480 e. The van der Waals surface area contributed by atoms with Gasteiger partial charge < -0.3 is 20.3 Å². The van der Waals surface area contributed by atoms with E-state index in [2.05, 4.69) is 5.32 Å². The molecule has 0 aromatic heterocycles. The molecule has 0 rings (SSSR count). The predicted molar refractivity (Wildman–Crippen MR) is 75.4 cm³/mol. The van der Waals surface area contributed by atoms with E-state index in [0.717, 1.165) is 0 Å². The molecule has 0 unspecified atom stereocenters. The SMILES string of the molecule is CC(C)C(O)(C(C)C)[C@H](NC(=O)OC(C)(C)C)C(=O)O. The van der Waals surface area contributed by atoms with Crippen LogP contribution in [-0.2, 0) is 9.53 Å². The smallest absolute Gasteiger partial charge is 0.408 e. The molecule has 0 saturated carbocycles. The maximum absolute atomic E-state index is 11.8. The van der Waals surface area contributed by atoms with Crippen molar-refractivity contribution in [1.82, 2.24) is 5.32 Å². The molecule has 6 nitrogen and oxygen atoms in total. The van der Waals surface area contributed by atoms with Crippen LogP contribution >= 0.6 is 0 Å². The number of aliphatic carboxylic acids is 1. The van der Waals surface area contributed by atoms with E-state index in [1.807, 2.05) is 0 Å². The number of carbonyl (C=O) groups is 2. The monoisotopic (exact) mass is 289 g/mol. The van der Waals surface area contributed by atoms with Crippen LogP contribution in [0.5, 0.6) is 0 Å². The number of carbonyl (C=O) groups excluding carboxylic acids is 1. The van der Waals surface area contributed by atoms with Gasteiger partial charge in [-0.05, 0) is 32.6 Å². The second-order valence-corrected chi connectivity index (χ2v) is 6.61. The van der Waals surface area contributed by atoms with Gasteiger partial charge in [0.25, 0.3) is 0 Å². The number of rotatable bonds is 5. The summed E-state index contributed by atoms with van der Waals surface area (Å²) in [4.78, 5) is 23.2. The van der Waals surface area contributed by atoms with Crippen molar-refractivity contribution in [3.05, 3.63) is 0 Å². The molecule has 1 atom stereocenters. The molecule has 0 heterocycles. The molecule has 0 saturated heterocycles. The Balaban J connectivity index is 5.26. The van der Waals surface area contributed by atoms with Crippen LogP contribution in [0.2, 0.25) is 0 Å². The molecular formula is C14H27NO5. The number of aliphatic hydroxyl groups is 1. The van der Waals surface area contributed by atoms with Crippen molar-refractivity contribution < 1.29 is 24.5 Å². The van der Waals surface area contributed by atoms with Gasteiger partial charge in [0.2, 0.25) is 0 Å². The van der Waals surface area contributed by atoms with Crippen molar-refractivity contribution in [1.29, 1.82) is 0 Å². The third kappa shape index (κ3) is 4.67. The Kier molecular flexibility index (Phi) is 6.02. The Bertz CT molecular complexity index is 349.